The Morgan fingerprint density at radius 3 is 2.89 bits per heavy atom. The summed E-state index contributed by atoms with van der Waals surface area (Å²) in [5.74, 6) is -0.934. The van der Waals surface area contributed by atoms with Crippen LogP contribution in [0.4, 0.5) is 13.2 Å². The molecule has 1 aromatic rings. The maximum absolute atomic E-state index is 13.0. The zero-order valence-electron chi connectivity index (χ0n) is 9.25. The molecule has 2 heterocycles. The first-order chi connectivity index (χ1) is 8.46. The van der Waals surface area contributed by atoms with Gasteiger partial charge >= 0.3 is 6.18 Å². The third kappa shape index (κ3) is 2.17. The predicted molar refractivity (Wildman–Crippen MR) is 52.1 cm³/mol. The molecule has 0 aromatic carbocycles. The lowest BCUT2D eigenvalue weighted by Gasteiger charge is -2.29. The molecule has 1 unspecified atom stereocenters. The van der Waals surface area contributed by atoms with Crippen LogP contribution in [0.15, 0.2) is 10.9 Å². The molecular weight excluding hydrogens is 253 g/mol. The molecule has 1 saturated heterocycles. The van der Waals surface area contributed by atoms with Crippen molar-refractivity contribution in [2.45, 2.75) is 19.1 Å². The highest BCUT2D eigenvalue weighted by Crippen LogP contribution is 2.43. The molecule has 0 radical (unpaired) electrons. The van der Waals surface area contributed by atoms with E-state index in [2.05, 4.69) is 25.3 Å². The number of carbonyl (C=O) groups excluding carboxylic acids is 1. The van der Waals surface area contributed by atoms with Crippen molar-refractivity contribution >= 4 is 5.91 Å². The molecule has 18 heavy (non-hydrogen) atoms. The smallest absolute Gasteiger partial charge is 0.348 e. The maximum Gasteiger partial charge on any atom is 0.404 e. The second kappa shape index (κ2) is 4.56. The molecule has 1 amide bonds. The summed E-state index contributed by atoms with van der Waals surface area (Å²) >= 11 is 0. The molecule has 1 aromatic heterocycles. The summed E-state index contributed by atoms with van der Waals surface area (Å²) in [6.07, 6.45) is -3.81. The molecule has 2 rings (SSSR count). The number of rotatable bonds is 3. The van der Waals surface area contributed by atoms with E-state index in [1.807, 2.05) is 0 Å². The number of nitrogens with zero attached hydrogens (tertiary/aromatic N) is 2. The molecule has 1 aliphatic heterocycles. The van der Waals surface area contributed by atoms with Gasteiger partial charge in [0.05, 0.1) is 6.54 Å². The number of carbonyl (C=O) groups is 1. The molecule has 1 fully saturated rings. The van der Waals surface area contributed by atoms with Crippen LogP contribution >= 0.6 is 0 Å². The summed E-state index contributed by atoms with van der Waals surface area (Å²) in [7, 11) is 0. The Morgan fingerprint density at radius 2 is 2.39 bits per heavy atom. The monoisotopic (exact) mass is 264 g/mol. The fraction of sp³-hybridized carbons (Fsp3) is 0.667. The number of nitrogens with one attached hydrogen (secondary N) is 2. The normalized spacial score (nSPS) is 24.2. The number of aromatic nitrogens is 2. The minimum Gasteiger partial charge on any atom is -0.348 e. The highest BCUT2D eigenvalue weighted by molar-refractivity contribution is 5.84. The third-order valence-electron chi connectivity index (χ3n) is 2.95. The van der Waals surface area contributed by atoms with E-state index in [1.165, 1.54) is 0 Å². The van der Waals surface area contributed by atoms with Crippen LogP contribution in [-0.2, 0) is 11.3 Å². The van der Waals surface area contributed by atoms with E-state index in [4.69, 9.17) is 0 Å². The standard InChI is InChI=1S/C9H11F3N4O2/c10-9(11,12)8(1-2-13-4-8)7(17)14-3-6-15-5-18-16-6/h5,13H,1-4H2,(H,14,17). The zero-order chi connectivity index (χ0) is 13.2. The van der Waals surface area contributed by atoms with Crippen LogP contribution in [-0.4, -0.2) is 35.3 Å². The fourth-order valence-corrected chi connectivity index (χ4v) is 1.86. The SMILES string of the molecule is O=C(NCc1ncon1)C1(C(F)(F)F)CCNC1. The Bertz CT molecular complexity index is 412. The quantitative estimate of drug-likeness (QED) is 0.816. The first-order valence-corrected chi connectivity index (χ1v) is 5.27. The largest absolute Gasteiger partial charge is 0.404 e. The second-order valence-corrected chi connectivity index (χ2v) is 4.04. The molecule has 0 spiro atoms. The molecule has 1 aliphatic rings. The maximum atomic E-state index is 13.0. The van der Waals surface area contributed by atoms with Crippen molar-refractivity contribution in [3.8, 4) is 0 Å². The first kappa shape index (κ1) is 12.8. The first-order valence-electron chi connectivity index (χ1n) is 5.27. The average Bonchev–Trinajstić information content (AvgIpc) is 2.96. The van der Waals surface area contributed by atoms with Crippen LogP contribution in [0.25, 0.3) is 0 Å². The molecule has 6 nitrogen and oxygen atoms in total. The lowest BCUT2D eigenvalue weighted by atomic mass is 9.85. The van der Waals surface area contributed by atoms with E-state index in [0.29, 0.717) is 0 Å². The minimum atomic E-state index is -4.59. The Balaban J connectivity index is 2.05. The van der Waals surface area contributed by atoms with E-state index >= 15 is 0 Å². The van der Waals surface area contributed by atoms with E-state index < -0.39 is 24.0 Å². The van der Waals surface area contributed by atoms with Gasteiger partial charge in [-0.15, -0.1) is 0 Å². The predicted octanol–water partition coefficient (Wildman–Crippen LogP) is 0.228. The zero-order valence-corrected chi connectivity index (χ0v) is 9.25. The van der Waals surface area contributed by atoms with E-state index in [-0.39, 0.29) is 25.3 Å². The molecule has 100 valence electrons. The Kier molecular flexibility index (Phi) is 3.24. The van der Waals surface area contributed by atoms with E-state index in [0.717, 1.165) is 6.39 Å². The van der Waals surface area contributed by atoms with Crippen molar-refractivity contribution in [1.82, 2.24) is 20.8 Å². The molecule has 2 N–H and O–H groups in total. The molecule has 0 aliphatic carbocycles. The van der Waals surface area contributed by atoms with Crippen LogP contribution in [0.1, 0.15) is 12.2 Å². The van der Waals surface area contributed by atoms with Gasteiger partial charge in [-0.1, -0.05) is 5.16 Å². The van der Waals surface area contributed by atoms with Crippen LogP contribution in [0.3, 0.4) is 0 Å². The number of amides is 1. The Hall–Kier alpha value is -1.64. The lowest BCUT2D eigenvalue weighted by Crippen LogP contribution is -2.52. The third-order valence-corrected chi connectivity index (χ3v) is 2.95. The fourth-order valence-electron chi connectivity index (χ4n) is 1.86. The van der Waals surface area contributed by atoms with Crippen LogP contribution in [0, 0.1) is 5.41 Å². The van der Waals surface area contributed by atoms with Gasteiger partial charge in [-0.3, -0.25) is 4.79 Å². The minimum absolute atomic E-state index is 0.131. The van der Waals surface area contributed by atoms with E-state index in [1.54, 1.807) is 0 Å². The summed E-state index contributed by atoms with van der Waals surface area (Å²) in [5, 5.41) is 8.16. The second-order valence-electron chi connectivity index (χ2n) is 4.04. The number of alkyl halides is 3. The number of hydrogen-bond donors (Lipinski definition) is 2. The summed E-state index contributed by atoms with van der Waals surface area (Å²) in [4.78, 5) is 15.4. The van der Waals surface area contributed by atoms with Gasteiger partial charge in [-0.2, -0.15) is 18.2 Å². The van der Waals surface area contributed by atoms with Crippen molar-refractivity contribution in [2.24, 2.45) is 5.41 Å². The highest BCUT2D eigenvalue weighted by Gasteiger charge is 2.61. The van der Waals surface area contributed by atoms with Crippen molar-refractivity contribution in [2.75, 3.05) is 13.1 Å². The van der Waals surface area contributed by atoms with Crippen molar-refractivity contribution in [3.05, 3.63) is 12.2 Å². The van der Waals surface area contributed by atoms with Gasteiger partial charge in [0.15, 0.2) is 11.2 Å². The van der Waals surface area contributed by atoms with Crippen molar-refractivity contribution in [3.63, 3.8) is 0 Å². The molecule has 9 heteroatoms. The van der Waals surface area contributed by atoms with E-state index in [9.17, 15) is 18.0 Å². The molecule has 0 saturated carbocycles. The summed E-state index contributed by atoms with van der Waals surface area (Å²) < 4.78 is 43.4. The van der Waals surface area contributed by atoms with Gasteiger partial charge in [0.25, 0.3) is 0 Å². The summed E-state index contributed by atoms with van der Waals surface area (Å²) in [6.45, 7) is -0.434. The summed E-state index contributed by atoms with van der Waals surface area (Å²) in [5.41, 5.74) is -2.36. The number of hydrogen-bond acceptors (Lipinski definition) is 5. The number of halogens is 3. The van der Waals surface area contributed by atoms with Gasteiger partial charge in [0, 0.05) is 6.54 Å². The van der Waals surface area contributed by atoms with Crippen LogP contribution in [0.5, 0.6) is 0 Å². The van der Waals surface area contributed by atoms with Crippen LogP contribution < -0.4 is 10.6 Å². The van der Waals surface area contributed by atoms with Gasteiger partial charge in [-0.05, 0) is 13.0 Å². The topological polar surface area (TPSA) is 80.1 Å². The molecular formula is C9H11F3N4O2. The Labute approximate surface area is 99.9 Å². The van der Waals surface area contributed by atoms with Gasteiger partial charge < -0.3 is 15.2 Å². The lowest BCUT2D eigenvalue weighted by molar-refractivity contribution is -0.216. The summed E-state index contributed by atoms with van der Waals surface area (Å²) in [6, 6.07) is 0. The molecule has 1 atom stereocenters. The highest BCUT2D eigenvalue weighted by atomic mass is 19.4. The van der Waals surface area contributed by atoms with Gasteiger partial charge in [0.2, 0.25) is 12.3 Å². The van der Waals surface area contributed by atoms with Crippen molar-refractivity contribution in [1.29, 1.82) is 0 Å². The molecule has 0 bridgehead atoms. The van der Waals surface area contributed by atoms with Crippen LogP contribution in [0.2, 0.25) is 0 Å². The Morgan fingerprint density at radius 1 is 1.61 bits per heavy atom. The van der Waals surface area contributed by atoms with Gasteiger partial charge in [-0.25, -0.2) is 0 Å². The van der Waals surface area contributed by atoms with Gasteiger partial charge in [0.1, 0.15) is 0 Å². The van der Waals surface area contributed by atoms with Crippen molar-refractivity contribution < 1.29 is 22.5 Å². The average molecular weight is 264 g/mol.